The van der Waals surface area contributed by atoms with Gasteiger partial charge in [0, 0.05) is 263 Å². The summed E-state index contributed by atoms with van der Waals surface area (Å²) in [6, 6.07) is 1.01. The molecule has 26 nitrogen and oxygen atoms in total. The number of urea groups is 2. The fourth-order valence-corrected chi connectivity index (χ4v) is 15.9. The summed E-state index contributed by atoms with van der Waals surface area (Å²) in [6.45, 7) is 38.6. The molecule has 0 spiro atoms. The van der Waals surface area contributed by atoms with E-state index in [2.05, 4.69) is 21.3 Å². The van der Waals surface area contributed by atoms with Crippen LogP contribution in [0, 0.1) is 0 Å². The minimum Gasteiger partial charge on any atom is -0.381 e. The highest BCUT2D eigenvalue weighted by molar-refractivity contribution is 6.61. The zero-order valence-corrected chi connectivity index (χ0v) is 70.5. The Morgan fingerprint density at radius 2 is 0.292 bits per heavy atom. The van der Waals surface area contributed by atoms with E-state index in [1.807, 2.05) is 41.5 Å². The maximum Gasteiger partial charge on any atom is 0.500 e. The third kappa shape index (κ3) is 78.8. The van der Waals surface area contributed by atoms with E-state index in [1.165, 1.54) is 0 Å². The molecule has 0 unspecified atom stereocenters. The van der Waals surface area contributed by atoms with Gasteiger partial charge in [-0.1, -0.05) is 0 Å². The lowest BCUT2D eigenvalue weighted by molar-refractivity contribution is 0.0700. The van der Waals surface area contributed by atoms with Crippen molar-refractivity contribution in [2.75, 3.05) is 251 Å². The predicted octanol–water partition coefficient (Wildman–Crippen LogP) is 13.6. The number of unbranched alkanes of at least 4 members (excludes halogenated alkanes) is 13. The first kappa shape index (κ1) is 104. The van der Waals surface area contributed by atoms with Crippen LogP contribution in [0.2, 0.25) is 12.1 Å². The Morgan fingerprint density at radius 1 is 0.179 bits per heavy atom. The highest BCUT2D eigenvalue weighted by Gasteiger charge is 2.40. The lowest BCUT2D eigenvalue weighted by Gasteiger charge is -2.28. The van der Waals surface area contributed by atoms with E-state index < -0.39 is 17.6 Å². The van der Waals surface area contributed by atoms with Gasteiger partial charge in [-0.05, 0) is 234 Å². The zero-order valence-electron chi connectivity index (χ0n) is 68.5. The summed E-state index contributed by atoms with van der Waals surface area (Å²) >= 11 is 0. The number of amides is 4. The SMILES string of the molecule is CCO[Si](CCCNC(=O)NCCCOCCCCOCCCCOCCCCOCCCCOCCCCOCCCCOCCCCOCCCCOCCCCOCCCCOCCCCOCCCCOCCCCOCCCNC(=O)NCCC[Si](OCC)(OCC)OCC)(OCC)OCC. The Kier molecular flexibility index (Phi) is 87.2. The zero-order chi connectivity index (χ0) is 76.6. The van der Waals surface area contributed by atoms with Gasteiger partial charge in [0.25, 0.3) is 0 Å². The summed E-state index contributed by atoms with van der Waals surface area (Å²) < 4.78 is 116. The Hall–Kier alpha value is -1.83. The monoisotopic (exact) mass is 1560 g/mol. The molecule has 0 atom stereocenters. The second kappa shape index (κ2) is 88.7. The van der Waals surface area contributed by atoms with E-state index in [0.717, 1.165) is 351 Å². The second-order valence-electron chi connectivity index (χ2n) is 26.0. The van der Waals surface area contributed by atoms with Gasteiger partial charge < -0.3 is 114 Å². The van der Waals surface area contributed by atoms with Crippen LogP contribution in [0.5, 0.6) is 0 Å². The van der Waals surface area contributed by atoms with Crippen LogP contribution in [0.15, 0.2) is 0 Å². The van der Waals surface area contributed by atoms with E-state index >= 15 is 0 Å². The van der Waals surface area contributed by atoms with E-state index in [-0.39, 0.29) is 12.1 Å². The van der Waals surface area contributed by atoms with Gasteiger partial charge in [0.15, 0.2) is 0 Å². The topological polar surface area (TPSA) is 267 Å². The summed E-state index contributed by atoms with van der Waals surface area (Å²) in [5.41, 5.74) is 0. The quantitative estimate of drug-likeness (QED) is 0.0326. The van der Waals surface area contributed by atoms with Gasteiger partial charge in [-0.25, -0.2) is 9.59 Å². The summed E-state index contributed by atoms with van der Waals surface area (Å²) in [4.78, 5) is 24.2. The molecule has 0 radical (unpaired) electrons. The number of carbonyl (C=O) groups excluding carboxylic acids is 2. The maximum absolute atomic E-state index is 12.1. The van der Waals surface area contributed by atoms with Gasteiger partial charge >= 0.3 is 29.7 Å². The smallest absolute Gasteiger partial charge is 0.381 e. The summed E-state index contributed by atoms with van der Waals surface area (Å²) in [6.07, 6.45) is 29.4. The minimum atomic E-state index is -2.67. The molecule has 0 saturated carbocycles. The van der Waals surface area contributed by atoms with Gasteiger partial charge in [0.2, 0.25) is 0 Å². The molecule has 0 saturated heterocycles. The molecule has 0 aliphatic carbocycles. The normalized spacial score (nSPS) is 11.9. The van der Waals surface area contributed by atoms with Crippen LogP contribution >= 0.6 is 0 Å². The van der Waals surface area contributed by atoms with E-state index in [4.69, 9.17) is 92.9 Å². The fourth-order valence-electron chi connectivity index (χ4n) is 10.6. The van der Waals surface area contributed by atoms with Gasteiger partial charge in [-0.15, -0.1) is 0 Å². The van der Waals surface area contributed by atoms with Crippen molar-refractivity contribution >= 4 is 29.7 Å². The first-order valence-corrected chi connectivity index (χ1v) is 46.2. The number of ether oxygens (including phenoxy) is 14. The highest BCUT2D eigenvalue weighted by atomic mass is 28.4. The average Bonchev–Trinajstić information content (AvgIpc) is 0.886. The van der Waals surface area contributed by atoms with Crippen LogP contribution in [0.1, 0.15) is 234 Å². The molecule has 4 N–H and O–H groups in total. The molecule has 0 aromatic rings. The molecule has 0 fully saturated rings. The Labute approximate surface area is 647 Å². The van der Waals surface area contributed by atoms with Gasteiger partial charge in [-0.2, -0.15) is 0 Å². The lowest BCUT2D eigenvalue weighted by Crippen LogP contribution is -2.46. The van der Waals surface area contributed by atoms with Crippen molar-refractivity contribution < 1.29 is 102 Å². The molecular formula is C78H162N4O22Si2. The number of hydrogen-bond donors (Lipinski definition) is 4. The third-order valence-electron chi connectivity index (χ3n) is 16.3. The lowest BCUT2D eigenvalue weighted by atomic mass is 10.3. The standard InChI is InChI=1S/C78H162N4O22Si2/c1-7-99-105(100-8-2,101-9-3)75-41-45-81-77(83)79-43-39-73-97-71-37-35-69-95-67-33-31-65-93-63-29-27-61-91-59-25-23-57-89-55-21-19-53-87-51-17-15-49-85-47-13-14-48-86-50-16-18-52-88-54-20-22-56-90-58-24-26-60-92-62-28-30-64-94-66-32-34-68-96-70-36-38-72-98-74-40-44-80-78(84)82-46-42-76-106(102-10-4,103-11-5)104-12-6/h7-76H2,1-6H3,(H2,79,81,83)(H2,80,82,84). The van der Waals surface area contributed by atoms with Crippen LogP contribution < -0.4 is 21.3 Å². The predicted molar refractivity (Wildman–Crippen MR) is 424 cm³/mol. The van der Waals surface area contributed by atoms with Crippen LogP contribution in [-0.2, 0) is 92.9 Å². The molecule has 0 aromatic carbocycles. The van der Waals surface area contributed by atoms with Crippen LogP contribution in [-0.4, -0.2) is 280 Å². The molecule has 0 aliphatic rings. The number of rotatable bonds is 93. The van der Waals surface area contributed by atoms with Crippen molar-refractivity contribution in [2.45, 2.75) is 246 Å². The van der Waals surface area contributed by atoms with Gasteiger partial charge in [0.05, 0.1) is 0 Å². The third-order valence-corrected chi connectivity index (χ3v) is 22.6. The van der Waals surface area contributed by atoms with Crippen molar-refractivity contribution in [3.8, 4) is 0 Å². The van der Waals surface area contributed by atoms with Gasteiger partial charge in [0.1, 0.15) is 0 Å². The number of nitrogens with one attached hydrogen (secondary N) is 4. The molecule has 0 aliphatic heterocycles. The molecule has 0 heterocycles. The largest absolute Gasteiger partial charge is 0.500 e. The van der Waals surface area contributed by atoms with Crippen molar-refractivity contribution in [1.82, 2.24) is 21.3 Å². The van der Waals surface area contributed by atoms with Crippen molar-refractivity contribution in [3.63, 3.8) is 0 Å². The second-order valence-corrected chi connectivity index (χ2v) is 31.5. The Bertz CT molecular complexity index is 1580. The van der Waals surface area contributed by atoms with E-state index in [9.17, 15) is 9.59 Å². The average molecular weight is 1560 g/mol. The molecule has 0 bridgehead atoms. The summed E-state index contributed by atoms with van der Waals surface area (Å²) in [5, 5.41) is 11.6. The molecule has 0 rings (SSSR count). The van der Waals surface area contributed by atoms with Crippen molar-refractivity contribution in [1.29, 1.82) is 0 Å². The molecule has 28 heteroatoms. The number of carbonyl (C=O) groups is 2. The molecule has 4 amide bonds. The first-order chi connectivity index (χ1) is 52.4. The summed E-state index contributed by atoms with van der Waals surface area (Å²) in [7, 11) is -5.34. The van der Waals surface area contributed by atoms with Crippen LogP contribution in [0.3, 0.4) is 0 Å². The Balaban J connectivity index is 3.20. The highest BCUT2D eigenvalue weighted by Crippen LogP contribution is 2.19. The number of hydrogen-bond acceptors (Lipinski definition) is 22. The molecular weight excluding hydrogens is 1400 g/mol. The molecule has 0 aromatic heterocycles. The van der Waals surface area contributed by atoms with E-state index in [1.54, 1.807) is 0 Å². The molecule has 634 valence electrons. The van der Waals surface area contributed by atoms with Crippen molar-refractivity contribution in [2.24, 2.45) is 0 Å². The fraction of sp³-hybridized carbons (Fsp3) is 0.974. The summed E-state index contributed by atoms with van der Waals surface area (Å²) in [5.74, 6) is 0. The van der Waals surface area contributed by atoms with E-state index in [0.29, 0.717) is 104 Å². The van der Waals surface area contributed by atoms with Gasteiger partial charge in [-0.3, -0.25) is 0 Å². The Morgan fingerprint density at radius 3 is 0.415 bits per heavy atom. The minimum absolute atomic E-state index is 0.172. The first-order valence-electron chi connectivity index (χ1n) is 42.3. The van der Waals surface area contributed by atoms with Crippen LogP contribution in [0.4, 0.5) is 9.59 Å². The van der Waals surface area contributed by atoms with Crippen LogP contribution in [0.25, 0.3) is 0 Å². The molecule has 106 heavy (non-hydrogen) atoms. The maximum atomic E-state index is 12.1. The van der Waals surface area contributed by atoms with Crippen molar-refractivity contribution in [3.05, 3.63) is 0 Å².